The molecule has 0 spiro atoms. The Morgan fingerprint density at radius 1 is 1.33 bits per heavy atom. The molecule has 0 saturated heterocycles. The zero-order valence-corrected chi connectivity index (χ0v) is 6.03. The van der Waals surface area contributed by atoms with Crippen LogP contribution in [0.4, 0.5) is 4.39 Å². The van der Waals surface area contributed by atoms with Crippen molar-refractivity contribution in [2.24, 2.45) is 0 Å². The maximum atomic E-state index is 12.5. The lowest BCUT2D eigenvalue weighted by Gasteiger charge is -1.90. The van der Waals surface area contributed by atoms with Crippen LogP contribution in [0.15, 0.2) is 24.7 Å². The molecule has 0 saturated carbocycles. The highest BCUT2D eigenvalue weighted by molar-refractivity contribution is 5.51. The second-order valence-electron chi connectivity index (χ2n) is 2.20. The number of hydrogen-bond acceptors (Lipinski definition) is 3. The van der Waals surface area contributed by atoms with E-state index < -0.39 is 5.95 Å². The quantitative estimate of drug-likeness (QED) is 0.684. The van der Waals surface area contributed by atoms with Crippen molar-refractivity contribution in [1.29, 1.82) is 0 Å². The van der Waals surface area contributed by atoms with Crippen molar-refractivity contribution >= 4 is 0 Å². The first-order valence-corrected chi connectivity index (χ1v) is 3.33. The van der Waals surface area contributed by atoms with Crippen molar-refractivity contribution in [3.8, 4) is 11.4 Å². The summed E-state index contributed by atoms with van der Waals surface area (Å²) in [6.45, 7) is 0. The number of H-pyrrole nitrogens is 1. The van der Waals surface area contributed by atoms with Crippen LogP contribution in [0.2, 0.25) is 0 Å². The molecule has 0 aliphatic heterocycles. The van der Waals surface area contributed by atoms with Crippen molar-refractivity contribution in [2.45, 2.75) is 0 Å². The van der Waals surface area contributed by atoms with Crippen LogP contribution in [0.1, 0.15) is 0 Å². The third-order valence-electron chi connectivity index (χ3n) is 1.39. The van der Waals surface area contributed by atoms with Crippen molar-refractivity contribution in [3.05, 3.63) is 30.6 Å². The van der Waals surface area contributed by atoms with E-state index in [0.717, 1.165) is 0 Å². The molecule has 2 aromatic rings. The van der Waals surface area contributed by atoms with Gasteiger partial charge in [-0.2, -0.15) is 9.49 Å². The zero-order chi connectivity index (χ0) is 8.39. The molecule has 1 N–H and O–H groups in total. The summed E-state index contributed by atoms with van der Waals surface area (Å²) in [4.78, 5) is 7.64. The third kappa shape index (κ3) is 1.16. The van der Waals surface area contributed by atoms with Gasteiger partial charge >= 0.3 is 0 Å². The smallest absolute Gasteiger partial charge is 0.209 e. The Balaban J connectivity index is 2.45. The number of hydrogen-bond donors (Lipinski definition) is 1. The van der Waals surface area contributed by atoms with Gasteiger partial charge in [0.05, 0.1) is 5.69 Å². The number of aromatic nitrogens is 4. The Morgan fingerprint density at radius 3 is 2.83 bits per heavy atom. The van der Waals surface area contributed by atoms with Crippen LogP contribution in [-0.2, 0) is 0 Å². The highest BCUT2D eigenvalue weighted by Crippen LogP contribution is 2.11. The topological polar surface area (TPSA) is 54.5 Å². The van der Waals surface area contributed by atoms with Gasteiger partial charge in [0.1, 0.15) is 12.0 Å². The summed E-state index contributed by atoms with van der Waals surface area (Å²) in [6, 6.07) is 2.94. The average Bonchev–Trinajstić information content (AvgIpc) is 2.54. The van der Waals surface area contributed by atoms with Crippen LogP contribution < -0.4 is 0 Å². The Kier molecular flexibility index (Phi) is 1.55. The first-order chi connectivity index (χ1) is 5.86. The summed E-state index contributed by atoms with van der Waals surface area (Å²) in [5.41, 5.74) is 1.08. The molecule has 0 aromatic carbocycles. The van der Waals surface area contributed by atoms with E-state index in [1.54, 1.807) is 12.3 Å². The van der Waals surface area contributed by atoms with Gasteiger partial charge in [0.15, 0.2) is 0 Å². The molecule has 5 heteroatoms. The van der Waals surface area contributed by atoms with E-state index in [1.165, 1.54) is 12.4 Å². The summed E-state index contributed by atoms with van der Waals surface area (Å²) in [5, 5.41) is 5.89. The zero-order valence-electron chi connectivity index (χ0n) is 6.03. The summed E-state index contributed by atoms with van der Waals surface area (Å²) in [5.74, 6) is -0.469. The number of nitrogens with zero attached hydrogens (tertiary/aromatic N) is 3. The fourth-order valence-corrected chi connectivity index (χ4v) is 0.872. The Bertz CT molecular complexity index is 370. The number of nitrogens with one attached hydrogen (secondary N) is 1. The molecule has 2 rings (SSSR count). The standard InChI is InChI=1S/C7H5FN4/c8-7-3-6(11-12-7)5-1-2-9-4-10-5/h1-4H,(H,11,12). The van der Waals surface area contributed by atoms with E-state index in [-0.39, 0.29) is 0 Å². The van der Waals surface area contributed by atoms with Gasteiger partial charge in [0.25, 0.3) is 0 Å². The number of aromatic amines is 1. The molecular formula is C7H5FN4. The van der Waals surface area contributed by atoms with Gasteiger partial charge in [-0.25, -0.2) is 9.97 Å². The molecule has 2 heterocycles. The fraction of sp³-hybridized carbons (Fsp3) is 0. The SMILES string of the molecule is Fc1cc(-c2ccncn2)n[nH]1. The summed E-state index contributed by atoms with van der Waals surface area (Å²) >= 11 is 0. The summed E-state index contributed by atoms with van der Waals surface area (Å²) in [6.07, 6.45) is 2.97. The maximum Gasteiger partial charge on any atom is 0.209 e. The predicted molar refractivity (Wildman–Crippen MR) is 39.6 cm³/mol. The molecule has 0 bridgehead atoms. The lowest BCUT2D eigenvalue weighted by atomic mass is 10.3. The lowest BCUT2D eigenvalue weighted by Crippen LogP contribution is -1.83. The minimum atomic E-state index is -0.469. The Labute approximate surface area is 67.5 Å². The van der Waals surface area contributed by atoms with Crippen LogP contribution in [0, 0.1) is 5.95 Å². The Hall–Kier alpha value is -1.78. The van der Waals surface area contributed by atoms with Crippen LogP contribution in [0.3, 0.4) is 0 Å². The van der Waals surface area contributed by atoms with E-state index in [2.05, 4.69) is 20.2 Å². The van der Waals surface area contributed by atoms with Crippen LogP contribution in [-0.4, -0.2) is 20.2 Å². The van der Waals surface area contributed by atoms with Crippen LogP contribution in [0.25, 0.3) is 11.4 Å². The molecule has 0 unspecified atom stereocenters. The fourth-order valence-electron chi connectivity index (χ4n) is 0.872. The Morgan fingerprint density at radius 2 is 2.25 bits per heavy atom. The van der Waals surface area contributed by atoms with E-state index in [1.807, 2.05) is 0 Å². The highest BCUT2D eigenvalue weighted by atomic mass is 19.1. The molecule has 0 radical (unpaired) electrons. The van der Waals surface area contributed by atoms with Crippen molar-refractivity contribution in [1.82, 2.24) is 20.2 Å². The minimum Gasteiger partial charge on any atom is -0.252 e. The molecule has 0 amide bonds. The first kappa shape index (κ1) is 6.90. The molecule has 0 fully saturated rings. The predicted octanol–water partition coefficient (Wildman–Crippen LogP) is 1.01. The maximum absolute atomic E-state index is 12.5. The number of halogens is 1. The van der Waals surface area contributed by atoms with E-state index >= 15 is 0 Å². The summed E-state index contributed by atoms with van der Waals surface area (Å²) < 4.78 is 12.5. The second-order valence-corrected chi connectivity index (χ2v) is 2.20. The largest absolute Gasteiger partial charge is 0.252 e. The average molecular weight is 164 g/mol. The van der Waals surface area contributed by atoms with Gasteiger partial charge in [-0.1, -0.05) is 0 Å². The van der Waals surface area contributed by atoms with Crippen molar-refractivity contribution in [3.63, 3.8) is 0 Å². The van der Waals surface area contributed by atoms with Crippen molar-refractivity contribution in [2.75, 3.05) is 0 Å². The molecule has 0 atom stereocenters. The molecule has 60 valence electrons. The highest BCUT2D eigenvalue weighted by Gasteiger charge is 2.02. The van der Waals surface area contributed by atoms with Gasteiger partial charge in [0.2, 0.25) is 5.95 Å². The van der Waals surface area contributed by atoms with Gasteiger partial charge in [-0.15, -0.1) is 0 Å². The van der Waals surface area contributed by atoms with Gasteiger partial charge < -0.3 is 0 Å². The molecule has 0 aliphatic rings. The van der Waals surface area contributed by atoms with E-state index in [4.69, 9.17) is 0 Å². The molecular weight excluding hydrogens is 159 g/mol. The molecule has 4 nitrogen and oxygen atoms in total. The normalized spacial score (nSPS) is 10.1. The summed E-state index contributed by atoms with van der Waals surface area (Å²) in [7, 11) is 0. The van der Waals surface area contributed by atoms with Crippen LogP contribution >= 0.6 is 0 Å². The van der Waals surface area contributed by atoms with Gasteiger partial charge in [-0.3, -0.25) is 5.10 Å². The first-order valence-electron chi connectivity index (χ1n) is 3.33. The van der Waals surface area contributed by atoms with E-state index in [0.29, 0.717) is 11.4 Å². The molecule has 12 heavy (non-hydrogen) atoms. The molecule has 0 aliphatic carbocycles. The minimum absolute atomic E-state index is 0.469. The van der Waals surface area contributed by atoms with Crippen molar-refractivity contribution < 1.29 is 4.39 Å². The van der Waals surface area contributed by atoms with E-state index in [9.17, 15) is 4.39 Å². The van der Waals surface area contributed by atoms with Gasteiger partial charge in [0, 0.05) is 12.3 Å². The second kappa shape index (κ2) is 2.69. The molecule has 2 aromatic heterocycles. The third-order valence-corrected chi connectivity index (χ3v) is 1.39. The van der Waals surface area contributed by atoms with Gasteiger partial charge in [-0.05, 0) is 6.07 Å². The number of rotatable bonds is 1. The van der Waals surface area contributed by atoms with Crippen LogP contribution in [0.5, 0.6) is 0 Å². The monoisotopic (exact) mass is 164 g/mol. The lowest BCUT2D eigenvalue weighted by molar-refractivity contribution is 0.579.